The third-order valence-corrected chi connectivity index (χ3v) is 3.63. The number of anilines is 1. The number of rotatable bonds is 7. The summed E-state index contributed by atoms with van der Waals surface area (Å²) in [6.07, 6.45) is 0.737. The molecular weight excluding hydrogens is 362 g/mol. The maximum absolute atomic E-state index is 11.0. The number of halogens is 1. The van der Waals surface area contributed by atoms with Gasteiger partial charge in [0.05, 0.1) is 12.2 Å². The summed E-state index contributed by atoms with van der Waals surface area (Å²) in [4.78, 5) is 15.2. The van der Waals surface area contributed by atoms with E-state index in [1.165, 1.54) is 0 Å². The van der Waals surface area contributed by atoms with Gasteiger partial charge in [0.2, 0.25) is 5.88 Å². The largest absolute Gasteiger partial charge is 0.439 e. The first-order chi connectivity index (χ1) is 11.2. The maximum Gasteiger partial charge on any atom is 0.221 e. The molecule has 0 aliphatic rings. The molecule has 0 fully saturated rings. The molecule has 0 unspecified atom stereocenters. The Labute approximate surface area is 142 Å². The van der Waals surface area contributed by atoms with Crippen LogP contribution in [-0.4, -0.2) is 31.5 Å². The van der Waals surface area contributed by atoms with Crippen LogP contribution in [0.1, 0.15) is 15.9 Å². The van der Waals surface area contributed by atoms with Crippen molar-refractivity contribution in [3.63, 3.8) is 0 Å². The zero-order valence-electron chi connectivity index (χ0n) is 12.4. The second-order valence-electron chi connectivity index (χ2n) is 4.48. The molecule has 0 radical (unpaired) electrons. The highest BCUT2D eigenvalue weighted by atomic mass is 79.9. The number of pyridine rings is 1. The van der Waals surface area contributed by atoms with Crippen LogP contribution < -0.4 is 10.1 Å². The summed E-state index contributed by atoms with van der Waals surface area (Å²) in [6, 6.07) is 10.3. The number of aromatic nitrogens is 1. The highest BCUT2D eigenvalue weighted by molar-refractivity contribution is 9.10. The lowest BCUT2D eigenvalue weighted by molar-refractivity contribution is 0.112. The van der Waals surface area contributed by atoms with Crippen LogP contribution >= 0.6 is 15.9 Å². The Kier molecular flexibility index (Phi) is 6.09. The number of benzene rings is 1. The Bertz CT molecular complexity index is 744. The number of nitrogens with one attached hydrogen (secondary N) is 1. The average Bonchev–Trinajstić information content (AvgIpc) is 2.57. The number of hydrogen-bond acceptors (Lipinski definition) is 6. The van der Waals surface area contributed by atoms with Crippen molar-refractivity contribution in [2.45, 2.75) is 0 Å². The van der Waals surface area contributed by atoms with Gasteiger partial charge in [0, 0.05) is 29.8 Å². The summed E-state index contributed by atoms with van der Waals surface area (Å²) in [5.74, 6) is 1.23. The summed E-state index contributed by atoms with van der Waals surface area (Å²) >= 11 is 3.28. The van der Waals surface area contributed by atoms with Gasteiger partial charge in [-0.05, 0) is 24.3 Å². The molecule has 2 aromatic rings. The third-order valence-electron chi connectivity index (χ3n) is 2.91. The first kappa shape index (κ1) is 16.9. The van der Waals surface area contributed by atoms with Gasteiger partial charge < -0.3 is 14.8 Å². The Hall–Kier alpha value is -2.43. The Balaban J connectivity index is 2.21. The van der Waals surface area contributed by atoms with E-state index in [0.717, 1.165) is 6.29 Å². The molecule has 0 spiro atoms. The fraction of sp³-hybridized carbons (Fsp3) is 0.188. The van der Waals surface area contributed by atoms with E-state index in [9.17, 15) is 4.79 Å². The summed E-state index contributed by atoms with van der Waals surface area (Å²) in [7, 11) is 1.60. The average molecular weight is 376 g/mol. The lowest BCUT2D eigenvalue weighted by atomic mass is 10.2. The number of hydrogen-bond donors (Lipinski definition) is 1. The van der Waals surface area contributed by atoms with Gasteiger partial charge in [-0.1, -0.05) is 15.9 Å². The van der Waals surface area contributed by atoms with Crippen molar-refractivity contribution in [1.29, 1.82) is 5.26 Å². The zero-order valence-corrected chi connectivity index (χ0v) is 14.0. The Morgan fingerprint density at radius 2 is 2.22 bits per heavy atom. The minimum Gasteiger partial charge on any atom is -0.439 e. The summed E-state index contributed by atoms with van der Waals surface area (Å²) in [6.45, 7) is 1.02. The van der Waals surface area contributed by atoms with Crippen LogP contribution in [0.15, 0.2) is 34.8 Å². The number of nitriles is 1. The fourth-order valence-electron chi connectivity index (χ4n) is 1.79. The van der Waals surface area contributed by atoms with Crippen LogP contribution in [0.5, 0.6) is 11.6 Å². The molecule has 1 N–H and O–H groups in total. The molecule has 6 nitrogen and oxygen atoms in total. The van der Waals surface area contributed by atoms with Gasteiger partial charge in [0.1, 0.15) is 17.6 Å². The van der Waals surface area contributed by atoms with E-state index in [1.807, 2.05) is 0 Å². The van der Waals surface area contributed by atoms with E-state index >= 15 is 0 Å². The predicted octanol–water partition coefficient (Wildman–Crippen LogP) is 3.38. The van der Waals surface area contributed by atoms with Crippen molar-refractivity contribution in [3.8, 4) is 17.7 Å². The van der Waals surface area contributed by atoms with Crippen molar-refractivity contribution in [3.05, 3.63) is 45.9 Å². The molecule has 2 rings (SSSR count). The molecule has 118 valence electrons. The van der Waals surface area contributed by atoms with E-state index < -0.39 is 0 Å². The van der Waals surface area contributed by atoms with Gasteiger partial charge in [-0.3, -0.25) is 4.79 Å². The first-order valence-corrected chi connectivity index (χ1v) is 7.53. The van der Waals surface area contributed by atoms with E-state index in [4.69, 9.17) is 14.7 Å². The zero-order chi connectivity index (χ0) is 16.7. The number of ether oxygens (including phenoxy) is 2. The van der Waals surface area contributed by atoms with Crippen LogP contribution in [0, 0.1) is 11.3 Å². The van der Waals surface area contributed by atoms with Crippen molar-refractivity contribution in [2.75, 3.05) is 25.6 Å². The molecular formula is C16H14BrN3O3. The molecule has 0 aliphatic heterocycles. The molecule has 1 aromatic carbocycles. The van der Waals surface area contributed by atoms with Crippen molar-refractivity contribution < 1.29 is 14.3 Å². The number of methoxy groups -OCH3 is 1. The van der Waals surface area contributed by atoms with Crippen molar-refractivity contribution in [1.82, 2.24) is 4.98 Å². The molecule has 0 saturated heterocycles. The normalized spacial score (nSPS) is 9.96. The lowest BCUT2D eigenvalue weighted by Crippen LogP contribution is -2.10. The molecule has 7 heteroatoms. The molecule has 0 atom stereocenters. The molecule has 1 heterocycles. The van der Waals surface area contributed by atoms with Crippen molar-refractivity contribution >= 4 is 28.0 Å². The quantitative estimate of drug-likeness (QED) is 0.589. The van der Waals surface area contributed by atoms with Gasteiger partial charge in [0.15, 0.2) is 6.29 Å². The highest BCUT2D eigenvalue weighted by Gasteiger charge is 2.08. The molecule has 0 amide bonds. The number of carbonyl (C=O) groups is 1. The van der Waals surface area contributed by atoms with Crippen LogP contribution in [0.2, 0.25) is 0 Å². The van der Waals surface area contributed by atoms with Gasteiger partial charge in [-0.2, -0.15) is 10.2 Å². The number of aldehydes is 1. The van der Waals surface area contributed by atoms with Gasteiger partial charge in [-0.15, -0.1) is 0 Å². The first-order valence-electron chi connectivity index (χ1n) is 6.74. The predicted molar refractivity (Wildman–Crippen MR) is 88.9 cm³/mol. The number of carbonyl (C=O) groups excluding carboxylic acids is 1. The molecule has 0 aliphatic carbocycles. The topological polar surface area (TPSA) is 84.2 Å². The summed E-state index contributed by atoms with van der Waals surface area (Å²) in [5, 5.41) is 12.1. The second-order valence-corrected chi connectivity index (χ2v) is 5.33. The lowest BCUT2D eigenvalue weighted by Gasteiger charge is -2.10. The van der Waals surface area contributed by atoms with Gasteiger partial charge in [0.25, 0.3) is 0 Å². The summed E-state index contributed by atoms with van der Waals surface area (Å²) < 4.78 is 11.3. The fourth-order valence-corrected chi connectivity index (χ4v) is 2.13. The van der Waals surface area contributed by atoms with E-state index in [1.54, 1.807) is 37.4 Å². The monoisotopic (exact) mass is 375 g/mol. The second kappa shape index (κ2) is 8.27. The van der Waals surface area contributed by atoms with Crippen LogP contribution in [0.25, 0.3) is 0 Å². The Morgan fingerprint density at radius 1 is 1.39 bits per heavy atom. The standard InChI is InChI=1S/C16H14BrN3O3/c1-22-7-6-19-16-11(9-18)2-5-15(20-16)23-13-3-4-14(17)12(8-13)10-21/h2-5,8,10H,6-7H2,1H3,(H,19,20). The minimum absolute atomic E-state index is 0.322. The summed E-state index contributed by atoms with van der Waals surface area (Å²) in [5.41, 5.74) is 0.896. The maximum atomic E-state index is 11.0. The van der Waals surface area contributed by atoms with E-state index in [-0.39, 0.29) is 0 Å². The Morgan fingerprint density at radius 3 is 2.91 bits per heavy atom. The van der Waals surface area contributed by atoms with E-state index in [0.29, 0.717) is 46.2 Å². The van der Waals surface area contributed by atoms with Crippen LogP contribution in [-0.2, 0) is 4.74 Å². The molecule has 0 bridgehead atoms. The molecule has 23 heavy (non-hydrogen) atoms. The minimum atomic E-state index is 0.322. The van der Waals surface area contributed by atoms with Gasteiger partial charge >= 0.3 is 0 Å². The van der Waals surface area contributed by atoms with Gasteiger partial charge in [-0.25, -0.2) is 0 Å². The number of nitrogens with zero attached hydrogens (tertiary/aromatic N) is 2. The molecule has 0 saturated carbocycles. The SMILES string of the molecule is COCCNc1nc(Oc2ccc(Br)c(C=O)c2)ccc1C#N. The molecule has 1 aromatic heterocycles. The van der Waals surface area contributed by atoms with Crippen LogP contribution in [0.4, 0.5) is 5.82 Å². The third kappa shape index (κ3) is 4.52. The van der Waals surface area contributed by atoms with Crippen LogP contribution in [0.3, 0.4) is 0 Å². The smallest absolute Gasteiger partial charge is 0.221 e. The van der Waals surface area contributed by atoms with E-state index in [2.05, 4.69) is 32.3 Å². The highest BCUT2D eigenvalue weighted by Crippen LogP contribution is 2.26. The van der Waals surface area contributed by atoms with Crippen molar-refractivity contribution in [2.24, 2.45) is 0 Å².